The van der Waals surface area contributed by atoms with Gasteiger partial charge < -0.3 is 10.5 Å². The molecule has 0 amide bonds. The summed E-state index contributed by atoms with van der Waals surface area (Å²) in [5.74, 6) is 0.269. The highest BCUT2D eigenvalue weighted by molar-refractivity contribution is 5.72. The molecule has 0 aromatic rings. The van der Waals surface area contributed by atoms with E-state index in [4.69, 9.17) is 10.5 Å². The van der Waals surface area contributed by atoms with Crippen molar-refractivity contribution in [3.05, 3.63) is 0 Å². The van der Waals surface area contributed by atoms with Crippen molar-refractivity contribution in [2.75, 3.05) is 13.7 Å². The van der Waals surface area contributed by atoms with Crippen LogP contribution in [0.4, 0.5) is 0 Å². The molecule has 1 aliphatic carbocycles. The van der Waals surface area contributed by atoms with Gasteiger partial charge in [-0.15, -0.1) is 0 Å². The number of carbonyl (C=O) groups excluding carboxylic acids is 1. The van der Waals surface area contributed by atoms with Crippen LogP contribution in [0, 0.1) is 11.8 Å². The summed E-state index contributed by atoms with van der Waals surface area (Å²) >= 11 is 0. The Bertz CT molecular complexity index is 164. The first kappa shape index (κ1) is 10.5. The number of hydrogen-bond donors (Lipinski definition) is 1. The Balaban J connectivity index is 2.48. The Kier molecular flexibility index (Phi) is 4.22. The number of methoxy groups -OCH3 is 1. The normalized spacial score (nSPS) is 21.1. The lowest BCUT2D eigenvalue weighted by molar-refractivity contribution is -0.147. The molecule has 1 rings (SSSR count). The van der Waals surface area contributed by atoms with Crippen molar-refractivity contribution in [2.24, 2.45) is 17.6 Å². The smallest absolute Gasteiger partial charge is 0.310 e. The summed E-state index contributed by atoms with van der Waals surface area (Å²) in [6, 6.07) is 0. The Hall–Kier alpha value is -0.570. The molecule has 0 saturated heterocycles. The van der Waals surface area contributed by atoms with E-state index in [1.807, 2.05) is 0 Å². The first-order chi connectivity index (χ1) is 6.29. The van der Waals surface area contributed by atoms with E-state index < -0.39 is 0 Å². The van der Waals surface area contributed by atoms with Crippen LogP contribution in [0.2, 0.25) is 0 Å². The molecule has 3 heteroatoms. The van der Waals surface area contributed by atoms with E-state index in [2.05, 4.69) is 0 Å². The minimum absolute atomic E-state index is 0.0645. The number of esters is 1. The van der Waals surface area contributed by atoms with E-state index >= 15 is 0 Å². The van der Waals surface area contributed by atoms with Gasteiger partial charge in [-0.2, -0.15) is 0 Å². The molecule has 0 aromatic heterocycles. The molecule has 1 fully saturated rings. The standard InChI is InChI=1S/C10H19NO2/c1-13-10(12)9(7-11)8-5-3-2-4-6-8/h8-9H,2-7,11H2,1H3. The van der Waals surface area contributed by atoms with Gasteiger partial charge in [0.25, 0.3) is 0 Å². The van der Waals surface area contributed by atoms with Crippen molar-refractivity contribution in [1.29, 1.82) is 0 Å². The van der Waals surface area contributed by atoms with Crippen LogP contribution in [0.15, 0.2) is 0 Å². The van der Waals surface area contributed by atoms with Gasteiger partial charge in [-0.3, -0.25) is 4.79 Å². The molecule has 0 spiro atoms. The predicted molar refractivity (Wildman–Crippen MR) is 51.1 cm³/mol. The molecule has 1 aliphatic rings. The summed E-state index contributed by atoms with van der Waals surface area (Å²) in [7, 11) is 1.44. The Morgan fingerprint density at radius 2 is 2.08 bits per heavy atom. The van der Waals surface area contributed by atoms with Crippen LogP contribution in [0.3, 0.4) is 0 Å². The topological polar surface area (TPSA) is 52.3 Å². The third-order valence-corrected chi connectivity index (χ3v) is 2.98. The van der Waals surface area contributed by atoms with Gasteiger partial charge in [0.1, 0.15) is 0 Å². The lowest BCUT2D eigenvalue weighted by Crippen LogP contribution is -2.33. The zero-order chi connectivity index (χ0) is 9.68. The summed E-state index contributed by atoms with van der Waals surface area (Å²) in [6.45, 7) is 0.428. The van der Waals surface area contributed by atoms with E-state index in [-0.39, 0.29) is 11.9 Å². The monoisotopic (exact) mass is 185 g/mol. The van der Waals surface area contributed by atoms with Crippen LogP contribution in [-0.4, -0.2) is 19.6 Å². The molecule has 13 heavy (non-hydrogen) atoms. The van der Waals surface area contributed by atoms with E-state index in [9.17, 15) is 4.79 Å². The van der Waals surface area contributed by atoms with Crippen molar-refractivity contribution in [3.63, 3.8) is 0 Å². The molecule has 1 unspecified atom stereocenters. The molecule has 0 aliphatic heterocycles. The number of rotatable bonds is 3. The van der Waals surface area contributed by atoms with Crippen molar-refractivity contribution < 1.29 is 9.53 Å². The van der Waals surface area contributed by atoms with Gasteiger partial charge in [-0.1, -0.05) is 19.3 Å². The second kappa shape index (κ2) is 5.22. The summed E-state index contributed by atoms with van der Waals surface area (Å²) in [5, 5.41) is 0. The molecule has 0 radical (unpaired) electrons. The summed E-state index contributed by atoms with van der Waals surface area (Å²) in [5.41, 5.74) is 5.58. The zero-order valence-electron chi connectivity index (χ0n) is 8.29. The highest BCUT2D eigenvalue weighted by Crippen LogP contribution is 2.30. The second-order valence-corrected chi connectivity index (χ2v) is 3.76. The van der Waals surface area contributed by atoms with E-state index in [1.165, 1.54) is 26.4 Å². The van der Waals surface area contributed by atoms with Crippen LogP contribution in [0.5, 0.6) is 0 Å². The van der Waals surface area contributed by atoms with Crippen LogP contribution < -0.4 is 5.73 Å². The Labute approximate surface area is 79.6 Å². The van der Waals surface area contributed by atoms with Crippen molar-refractivity contribution >= 4 is 5.97 Å². The van der Waals surface area contributed by atoms with Crippen molar-refractivity contribution in [3.8, 4) is 0 Å². The lowest BCUT2D eigenvalue weighted by atomic mass is 9.80. The zero-order valence-corrected chi connectivity index (χ0v) is 8.29. The molecule has 76 valence electrons. The molecule has 0 bridgehead atoms. The molecular formula is C10H19NO2. The number of ether oxygens (including phenoxy) is 1. The minimum Gasteiger partial charge on any atom is -0.469 e. The Morgan fingerprint density at radius 3 is 2.54 bits per heavy atom. The van der Waals surface area contributed by atoms with Crippen molar-refractivity contribution in [1.82, 2.24) is 0 Å². The van der Waals surface area contributed by atoms with Gasteiger partial charge in [0.05, 0.1) is 13.0 Å². The third kappa shape index (κ3) is 2.69. The number of carbonyl (C=O) groups is 1. The summed E-state index contributed by atoms with van der Waals surface area (Å²) < 4.78 is 4.74. The van der Waals surface area contributed by atoms with Crippen molar-refractivity contribution in [2.45, 2.75) is 32.1 Å². The van der Waals surface area contributed by atoms with E-state index in [0.717, 1.165) is 12.8 Å². The van der Waals surface area contributed by atoms with Crippen LogP contribution in [0.1, 0.15) is 32.1 Å². The maximum atomic E-state index is 11.3. The number of nitrogens with two attached hydrogens (primary N) is 1. The fraction of sp³-hybridized carbons (Fsp3) is 0.900. The Morgan fingerprint density at radius 1 is 1.46 bits per heavy atom. The van der Waals surface area contributed by atoms with Gasteiger partial charge in [-0.25, -0.2) is 0 Å². The first-order valence-corrected chi connectivity index (χ1v) is 5.07. The molecular weight excluding hydrogens is 166 g/mol. The van der Waals surface area contributed by atoms with E-state index in [1.54, 1.807) is 0 Å². The van der Waals surface area contributed by atoms with Crippen LogP contribution >= 0.6 is 0 Å². The van der Waals surface area contributed by atoms with Crippen LogP contribution in [-0.2, 0) is 9.53 Å². The van der Waals surface area contributed by atoms with E-state index in [0.29, 0.717) is 12.5 Å². The molecule has 0 aromatic carbocycles. The van der Waals surface area contributed by atoms with Gasteiger partial charge in [-0.05, 0) is 18.8 Å². The van der Waals surface area contributed by atoms with Gasteiger partial charge in [0.2, 0.25) is 0 Å². The first-order valence-electron chi connectivity index (χ1n) is 5.07. The lowest BCUT2D eigenvalue weighted by Gasteiger charge is -2.27. The molecule has 2 N–H and O–H groups in total. The number of hydrogen-bond acceptors (Lipinski definition) is 3. The average molecular weight is 185 g/mol. The quantitative estimate of drug-likeness (QED) is 0.674. The predicted octanol–water partition coefficient (Wildman–Crippen LogP) is 1.31. The molecule has 1 saturated carbocycles. The molecule has 1 atom stereocenters. The average Bonchev–Trinajstić information content (AvgIpc) is 2.20. The largest absolute Gasteiger partial charge is 0.469 e. The maximum Gasteiger partial charge on any atom is 0.310 e. The summed E-state index contributed by atoms with van der Waals surface area (Å²) in [6.07, 6.45) is 6.04. The van der Waals surface area contributed by atoms with Gasteiger partial charge >= 0.3 is 5.97 Å². The molecule has 3 nitrogen and oxygen atoms in total. The summed E-state index contributed by atoms with van der Waals surface area (Å²) in [4.78, 5) is 11.3. The highest BCUT2D eigenvalue weighted by atomic mass is 16.5. The fourth-order valence-corrected chi connectivity index (χ4v) is 2.17. The highest BCUT2D eigenvalue weighted by Gasteiger charge is 2.28. The SMILES string of the molecule is COC(=O)C(CN)C1CCCCC1. The second-order valence-electron chi connectivity index (χ2n) is 3.76. The third-order valence-electron chi connectivity index (χ3n) is 2.98. The van der Waals surface area contributed by atoms with Gasteiger partial charge in [0.15, 0.2) is 0 Å². The van der Waals surface area contributed by atoms with Crippen LogP contribution in [0.25, 0.3) is 0 Å². The van der Waals surface area contributed by atoms with Gasteiger partial charge in [0, 0.05) is 6.54 Å². The maximum absolute atomic E-state index is 11.3. The molecule has 0 heterocycles. The fourth-order valence-electron chi connectivity index (χ4n) is 2.17. The minimum atomic E-state index is -0.130.